The summed E-state index contributed by atoms with van der Waals surface area (Å²) in [6.07, 6.45) is 10.1. The monoisotopic (exact) mass is 382 g/mol. The molecule has 0 aromatic heterocycles. The van der Waals surface area contributed by atoms with E-state index >= 15 is 0 Å². The summed E-state index contributed by atoms with van der Waals surface area (Å²) in [5.74, 6) is 0.869. The van der Waals surface area contributed by atoms with Gasteiger partial charge in [-0.25, -0.2) is 0 Å². The van der Waals surface area contributed by atoms with Crippen LogP contribution in [0.5, 0.6) is 0 Å². The molecular formula is C22H42O3Si. The van der Waals surface area contributed by atoms with E-state index in [1.165, 1.54) is 6.42 Å². The van der Waals surface area contributed by atoms with E-state index < -0.39 is 14.1 Å². The largest absolute Gasteiger partial charge is 0.410 e. The third kappa shape index (κ3) is 5.67. The van der Waals surface area contributed by atoms with Crippen molar-refractivity contribution in [2.24, 2.45) is 11.8 Å². The lowest BCUT2D eigenvalue weighted by Gasteiger charge is -2.49. The molecule has 0 saturated carbocycles. The van der Waals surface area contributed by atoms with Crippen molar-refractivity contribution in [2.45, 2.75) is 110 Å². The highest BCUT2D eigenvalue weighted by Gasteiger charge is 2.47. The summed E-state index contributed by atoms with van der Waals surface area (Å²) in [4.78, 5) is 0. The summed E-state index contributed by atoms with van der Waals surface area (Å²) >= 11 is 0. The van der Waals surface area contributed by atoms with E-state index in [9.17, 15) is 0 Å². The van der Waals surface area contributed by atoms with Crippen molar-refractivity contribution in [1.82, 2.24) is 0 Å². The molecule has 0 radical (unpaired) electrons. The van der Waals surface area contributed by atoms with E-state index in [1.807, 2.05) is 0 Å². The Bertz CT molecular complexity index is 480. The van der Waals surface area contributed by atoms with Gasteiger partial charge in [-0.15, -0.1) is 0 Å². The number of ether oxygens (including phenoxy) is 2. The van der Waals surface area contributed by atoms with Crippen LogP contribution in [0.2, 0.25) is 18.1 Å². The fraction of sp³-hybridized carbons (Fsp3) is 0.909. The van der Waals surface area contributed by atoms with E-state index in [-0.39, 0.29) is 11.1 Å². The lowest BCUT2D eigenvalue weighted by Crippen LogP contribution is -2.53. The normalized spacial score (nSPS) is 31.6. The first kappa shape index (κ1) is 22.1. The van der Waals surface area contributed by atoms with E-state index in [0.717, 1.165) is 32.3 Å². The fourth-order valence-corrected chi connectivity index (χ4v) is 4.89. The minimum atomic E-state index is -1.85. The van der Waals surface area contributed by atoms with Crippen LogP contribution in [0, 0.1) is 11.8 Å². The van der Waals surface area contributed by atoms with Crippen molar-refractivity contribution >= 4 is 8.32 Å². The van der Waals surface area contributed by atoms with Gasteiger partial charge in [0.05, 0.1) is 18.8 Å². The van der Waals surface area contributed by atoms with Crippen molar-refractivity contribution in [3.63, 3.8) is 0 Å². The summed E-state index contributed by atoms with van der Waals surface area (Å²) in [7, 11) is -1.85. The first-order chi connectivity index (χ1) is 11.9. The van der Waals surface area contributed by atoms with Crippen LogP contribution in [-0.2, 0) is 13.9 Å². The summed E-state index contributed by atoms with van der Waals surface area (Å²) in [6.45, 7) is 19.2. The fourth-order valence-electron chi connectivity index (χ4n) is 3.62. The molecule has 2 saturated heterocycles. The predicted octanol–water partition coefficient (Wildman–Crippen LogP) is 6.30. The van der Waals surface area contributed by atoms with Crippen molar-refractivity contribution < 1.29 is 13.9 Å². The van der Waals surface area contributed by atoms with Crippen molar-refractivity contribution in [1.29, 1.82) is 0 Å². The van der Waals surface area contributed by atoms with Gasteiger partial charge < -0.3 is 13.9 Å². The van der Waals surface area contributed by atoms with Crippen molar-refractivity contribution in [2.75, 3.05) is 6.61 Å². The van der Waals surface area contributed by atoms with E-state index in [2.05, 4.69) is 66.8 Å². The molecule has 2 bridgehead atoms. The number of hydrogen-bond acceptors (Lipinski definition) is 3. The SMILES string of the molecule is CC(C)C/C=C/[C@H](C[C@]12CC[C@@H](C)[C@H](CCO1)O2)O[Si](C)(C)C(C)(C)C. The maximum absolute atomic E-state index is 6.79. The predicted molar refractivity (Wildman–Crippen MR) is 112 cm³/mol. The minimum absolute atomic E-state index is 0.0711. The number of allylic oxidation sites excluding steroid dienone is 1. The van der Waals surface area contributed by atoms with Gasteiger partial charge in [-0.1, -0.05) is 53.7 Å². The number of hydrogen-bond donors (Lipinski definition) is 0. The van der Waals surface area contributed by atoms with Crippen molar-refractivity contribution in [3.05, 3.63) is 12.2 Å². The third-order valence-corrected chi connectivity index (χ3v) is 11.0. The zero-order valence-corrected chi connectivity index (χ0v) is 19.4. The molecule has 152 valence electrons. The topological polar surface area (TPSA) is 27.7 Å². The van der Waals surface area contributed by atoms with Gasteiger partial charge in [0.2, 0.25) is 0 Å². The Hall–Kier alpha value is -0.163. The zero-order chi connectivity index (χ0) is 19.6. The zero-order valence-electron chi connectivity index (χ0n) is 18.4. The minimum Gasteiger partial charge on any atom is -0.410 e. The molecular weight excluding hydrogens is 340 g/mol. The van der Waals surface area contributed by atoms with Gasteiger partial charge in [0.1, 0.15) is 0 Å². The van der Waals surface area contributed by atoms with Crippen LogP contribution in [0.4, 0.5) is 0 Å². The maximum Gasteiger partial charge on any atom is 0.192 e. The second-order valence-corrected chi connectivity index (χ2v) is 15.2. The first-order valence-electron chi connectivity index (χ1n) is 10.6. The molecule has 0 aromatic carbocycles. The molecule has 2 fully saturated rings. The molecule has 0 unspecified atom stereocenters. The van der Waals surface area contributed by atoms with Crippen LogP contribution < -0.4 is 0 Å². The molecule has 0 N–H and O–H groups in total. The van der Waals surface area contributed by atoms with Gasteiger partial charge in [0, 0.05) is 12.8 Å². The average Bonchev–Trinajstić information content (AvgIpc) is 2.50. The van der Waals surface area contributed by atoms with Crippen LogP contribution in [0.1, 0.15) is 73.6 Å². The third-order valence-electron chi connectivity index (χ3n) is 6.47. The summed E-state index contributed by atoms with van der Waals surface area (Å²) in [5, 5.41) is 0.201. The van der Waals surface area contributed by atoms with Gasteiger partial charge in [0.15, 0.2) is 14.1 Å². The van der Waals surface area contributed by atoms with Crippen LogP contribution in [-0.4, -0.2) is 32.9 Å². The highest BCUT2D eigenvalue weighted by atomic mass is 28.4. The molecule has 2 heterocycles. The first-order valence-corrected chi connectivity index (χ1v) is 13.5. The Balaban J connectivity index is 2.14. The summed E-state index contributed by atoms with van der Waals surface area (Å²) in [6, 6.07) is 0. The second kappa shape index (κ2) is 8.46. The lowest BCUT2D eigenvalue weighted by molar-refractivity contribution is -0.330. The van der Waals surface area contributed by atoms with Gasteiger partial charge in [-0.3, -0.25) is 0 Å². The Labute approximate surface area is 163 Å². The molecule has 2 aliphatic heterocycles. The van der Waals surface area contributed by atoms with Gasteiger partial charge in [-0.05, 0) is 49.2 Å². The number of rotatable bonds is 7. The molecule has 4 heteroatoms. The Morgan fingerprint density at radius 1 is 1.23 bits per heavy atom. The molecule has 0 aliphatic carbocycles. The quantitative estimate of drug-likeness (QED) is 0.382. The van der Waals surface area contributed by atoms with Gasteiger partial charge in [0.25, 0.3) is 0 Å². The van der Waals surface area contributed by atoms with E-state index in [1.54, 1.807) is 0 Å². The highest BCUT2D eigenvalue weighted by Crippen LogP contribution is 2.43. The summed E-state index contributed by atoms with van der Waals surface area (Å²) in [5.41, 5.74) is 0. The van der Waals surface area contributed by atoms with Gasteiger partial charge >= 0.3 is 0 Å². The molecule has 4 atom stereocenters. The van der Waals surface area contributed by atoms with Crippen LogP contribution in [0.15, 0.2) is 12.2 Å². The molecule has 2 aliphatic rings. The van der Waals surface area contributed by atoms with E-state index in [4.69, 9.17) is 13.9 Å². The smallest absolute Gasteiger partial charge is 0.192 e. The highest BCUT2D eigenvalue weighted by molar-refractivity contribution is 6.74. The lowest BCUT2D eigenvalue weighted by atomic mass is 9.86. The molecule has 0 amide bonds. The molecule has 2 rings (SSSR count). The Kier molecular flexibility index (Phi) is 7.20. The molecule has 26 heavy (non-hydrogen) atoms. The maximum atomic E-state index is 6.79. The van der Waals surface area contributed by atoms with Crippen LogP contribution >= 0.6 is 0 Å². The van der Waals surface area contributed by atoms with Crippen molar-refractivity contribution in [3.8, 4) is 0 Å². The average molecular weight is 383 g/mol. The molecule has 0 aromatic rings. The number of fused-ring (bicyclic) bond motifs is 2. The molecule has 0 spiro atoms. The van der Waals surface area contributed by atoms with E-state index in [0.29, 0.717) is 17.9 Å². The Morgan fingerprint density at radius 2 is 1.92 bits per heavy atom. The standard InChI is InChI=1S/C22H42O3Si/c1-17(2)10-9-11-19(25-26(7,8)21(4,5)6)16-22-14-12-18(3)20(24-22)13-15-23-22/h9,11,17-20H,10,12-16H2,1-8H3/b11-9+/t18-,19-,20+,22-/m1/s1. The second-order valence-electron chi connectivity index (χ2n) is 10.4. The van der Waals surface area contributed by atoms with Crippen LogP contribution in [0.25, 0.3) is 0 Å². The summed E-state index contributed by atoms with van der Waals surface area (Å²) < 4.78 is 19.5. The molecule has 3 nitrogen and oxygen atoms in total. The van der Waals surface area contributed by atoms with Crippen LogP contribution in [0.3, 0.4) is 0 Å². The Morgan fingerprint density at radius 3 is 2.54 bits per heavy atom. The van der Waals surface area contributed by atoms with Gasteiger partial charge in [-0.2, -0.15) is 0 Å².